The van der Waals surface area contributed by atoms with Crippen molar-refractivity contribution < 1.29 is 22.5 Å². The van der Waals surface area contributed by atoms with Gasteiger partial charge in [0.1, 0.15) is 0 Å². The average Bonchev–Trinajstić information content (AvgIpc) is 2.46. The molecule has 122 valence electrons. The maximum atomic E-state index is 13.8. The number of nitrogens with zero attached hydrogens (tertiary/aromatic N) is 1. The molecule has 1 unspecified atom stereocenters. The quantitative estimate of drug-likeness (QED) is 0.608. The second-order valence-corrected chi connectivity index (χ2v) is 6.59. The van der Waals surface area contributed by atoms with Crippen molar-refractivity contribution in [2.75, 3.05) is 20.2 Å². The Kier molecular flexibility index (Phi) is 4.94. The van der Waals surface area contributed by atoms with Crippen LogP contribution in [0.15, 0.2) is 17.0 Å². The molecule has 22 heavy (non-hydrogen) atoms. The number of ether oxygens (including phenoxy) is 1. The van der Waals surface area contributed by atoms with Gasteiger partial charge in [-0.15, -0.1) is 0 Å². The Bertz CT molecular complexity index is 674. The van der Waals surface area contributed by atoms with E-state index in [0.29, 0.717) is 19.0 Å². The predicted octanol–water partition coefficient (Wildman–Crippen LogP) is 0.773. The molecule has 1 aliphatic heterocycles. The summed E-state index contributed by atoms with van der Waals surface area (Å²) in [4.78, 5) is 9.55. The molecule has 1 atom stereocenters. The van der Waals surface area contributed by atoms with Crippen molar-refractivity contribution in [1.29, 1.82) is 0 Å². The van der Waals surface area contributed by atoms with E-state index in [1.807, 2.05) is 0 Å². The van der Waals surface area contributed by atoms with Crippen molar-refractivity contribution in [3.05, 3.63) is 28.1 Å². The Morgan fingerprint density at radius 3 is 2.77 bits per heavy atom. The van der Waals surface area contributed by atoms with E-state index in [2.05, 4.69) is 14.8 Å². The minimum Gasteiger partial charge on any atom is -0.488 e. The van der Waals surface area contributed by atoms with Crippen LogP contribution in [0.25, 0.3) is 0 Å². The molecule has 0 radical (unpaired) electrons. The summed E-state index contributed by atoms with van der Waals surface area (Å²) in [6.07, 6.45) is 1.46. The molecule has 0 bridgehead atoms. The standard InChI is InChI=1S/C12H16FN3O5S/c1-21-12-10(13)5-9(6-11(12)16(17)18)22(19,20)15-8-3-2-4-14-7-8/h5-6,8,14-15H,2-4,7H2,1H3. The lowest BCUT2D eigenvalue weighted by Crippen LogP contribution is -2.45. The van der Waals surface area contributed by atoms with Crippen LogP contribution in [0.1, 0.15) is 12.8 Å². The van der Waals surface area contributed by atoms with Crippen LogP contribution in [-0.2, 0) is 10.0 Å². The first-order chi connectivity index (χ1) is 10.3. The van der Waals surface area contributed by atoms with E-state index in [4.69, 9.17) is 0 Å². The molecule has 2 rings (SSSR count). The monoisotopic (exact) mass is 333 g/mol. The number of nitro benzene ring substituents is 1. The highest BCUT2D eigenvalue weighted by Gasteiger charge is 2.28. The number of nitrogens with one attached hydrogen (secondary N) is 2. The summed E-state index contributed by atoms with van der Waals surface area (Å²) < 4.78 is 45.4. The van der Waals surface area contributed by atoms with Gasteiger partial charge in [0.2, 0.25) is 15.8 Å². The van der Waals surface area contributed by atoms with E-state index >= 15 is 0 Å². The highest BCUT2D eigenvalue weighted by Crippen LogP contribution is 2.32. The smallest absolute Gasteiger partial charge is 0.315 e. The molecule has 8 nitrogen and oxygen atoms in total. The molecule has 1 heterocycles. The molecule has 1 aromatic rings. The molecule has 0 amide bonds. The third-order valence-electron chi connectivity index (χ3n) is 3.33. The molecule has 1 saturated heterocycles. The zero-order valence-electron chi connectivity index (χ0n) is 11.8. The normalized spacial score (nSPS) is 18.9. The van der Waals surface area contributed by atoms with Crippen LogP contribution in [0.4, 0.5) is 10.1 Å². The Morgan fingerprint density at radius 2 is 2.23 bits per heavy atom. The maximum Gasteiger partial charge on any atom is 0.315 e. The number of sulfonamides is 1. The van der Waals surface area contributed by atoms with E-state index in [1.54, 1.807) is 0 Å². The molecule has 0 saturated carbocycles. The zero-order chi connectivity index (χ0) is 16.3. The number of benzene rings is 1. The van der Waals surface area contributed by atoms with Crippen molar-refractivity contribution in [1.82, 2.24) is 10.0 Å². The van der Waals surface area contributed by atoms with Crippen LogP contribution >= 0.6 is 0 Å². The molecular weight excluding hydrogens is 317 g/mol. The molecule has 1 aromatic carbocycles. The Hall–Kier alpha value is -1.78. The summed E-state index contributed by atoms with van der Waals surface area (Å²) >= 11 is 0. The molecule has 0 aromatic heterocycles. The van der Waals surface area contributed by atoms with Crippen LogP contribution in [0.3, 0.4) is 0 Å². The lowest BCUT2D eigenvalue weighted by Gasteiger charge is -2.23. The maximum absolute atomic E-state index is 13.8. The molecule has 1 aliphatic rings. The SMILES string of the molecule is COc1c(F)cc(S(=O)(=O)NC2CCCNC2)cc1[N+](=O)[O-]. The van der Waals surface area contributed by atoms with Crippen LogP contribution in [-0.4, -0.2) is 39.6 Å². The van der Waals surface area contributed by atoms with Gasteiger partial charge in [-0.25, -0.2) is 17.5 Å². The van der Waals surface area contributed by atoms with Crippen LogP contribution in [0, 0.1) is 15.9 Å². The topological polar surface area (TPSA) is 111 Å². The van der Waals surface area contributed by atoms with Crippen LogP contribution < -0.4 is 14.8 Å². The van der Waals surface area contributed by atoms with Gasteiger partial charge in [0, 0.05) is 18.7 Å². The second-order valence-electron chi connectivity index (χ2n) is 4.88. The fraction of sp³-hybridized carbons (Fsp3) is 0.500. The lowest BCUT2D eigenvalue weighted by molar-refractivity contribution is -0.386. The zero-order valence-corrected chi connectivity index (χ0v) is 12.7. The van der Waals surface area contributed by atoms with Gasteiger partial charge in [-0.3, -0.25) is 10.1 Å². The molecule has 0 aliphatic carbocycles. The van der Waals surface area contributed by atoms with E-state index in [1.165, 1.54) is 0 Å². The van der Waals surface area contributed by atoms with E-state index in [0.717, 1.165) is 26.1 Å². The second kappa shape index (κ2) is 6.55. The average molecular weight is 333 g/mol. The Morgan fingerprint density at radius 1 is 1.50 bits per heavy atom. The van der Waals surface area contributed by atoms with Crippen molar-refractivity contribution in [2.45, 2.75) is 23.8 Å². The number of rotatable bonds is 5. The molecule has 2 N–H and O–H groups in total. The summed E-state index contributed by atoms with van der Waals surface area (Å²) in [5.41, 5.74) is -0.732. The van der Waals surface area contributed by atoms with Crippen molar-refractivity contribution in [2.24, 2.45) is 0 Å². The number of halogens is 1. The summed E-state index contributed by atoms with van der Waals surface area (Å²) in [6, 6.07) is 1.17. The van der Waals surface area contributed by atoms with Crippen molar-refractivity contribution in [3.8, 4) is 5.75 Å². The van der Waals surface area contributed by atoms with Crippen molar-refractivity contribution in [3.63, 3.8) is 0 Å². The minimum atomic E-state index is -4.05. The first-order valence-electron chi connectivity index (χ1n) is 6.60. The van der Waals surface area contributed by atoms with E-state index in [-0.39, 0.29) is 6.04 Å². The van der Waals surface area contributed by atoms with Gasteiger partial charge in [0.05, 0.1) is 16.9 Å². The van der Waals surface area contributed by atoms with Gasteiger partial charge in [0.25, 0.3) is 0 Å². The predicted molar refractivity (Wildman–Crippen MR) is 75.8 cm³/mol. The summed E-state index contributed by atoms with van der Waals surface area (Å²) in [7, 11) is -2.98. The Labute approximate surface area is 126 Å². The molecule has 10 heteroatoms. The fourth-order valence-corrected chi connectivity index (χ4v) is 3.59. The fourth-order valence-electron chi connectivity index (χ4n) is 2.29. The van der Waals surface area contributed by atoms with E-state index < -0.39 is 37.1 Å². The van der Waals surface area contributed by atoms with Gasteiger partial charge >= 0.3 is 5.69 Å². The highest BCUT2D eigenvalue weighted by molar-refractivity contribution is 7.89. The lowest BCUT2D eigenvalue weighted by atomic mass is 10.1. The van der Waals surface area contributed by atoms with Gasteiger partial charge in [-0.05, 0) is 25.5 Å². The van der Waals surface area contributed by atoms with Crippen molar-refractivity contribution >= 4 is 15.7 Å². The van der Waals surface area contributed by atoms with Crippen LogP contribution in [0.2, 0.25) is 0 Å². The third kappa shape index (κ3) is 3.51. The molecule has 1 fully saturated rings. The first kappa shape index (κ1) is 16.6. The molecule has 0 spiro atoms. The number of hydrogen-bond donors (Lipinski definition) is 2. The highest BCUT2D eigenvalue weighted by atomic mass is 32.2. The number of piperidine rings is 1. The minimum absolute atomic E-state index is 0.331. The van der Waals surface area contributed by atoms with Gasteiger partial charge in [-0.2, -0.15) is 0 Å². The Balaban J connectivity index is 2.36. The van der Waals surface area contributed by atoms with Gasteiger partial charge in [-0.1, -0.05) is 0 Å². The summed E-state index contributed by atoms with van der Waals surface area (Å²) in [6.45, 7) is 1.26. The number of methoxy groups -OCH3 is 1. The van der Waals surface area contributed by atoms with Gasteiger partial charge in [0.15, 0.2) is 5.82 Å². The largest absolute Gasteiger partial charge is 0.488 e. The number of nitro groups is 1. The first-order valence-corrected chi connectivity index (χ1v) is 8.08. The third-order valence-corrected chi connectivity index (χ3v) is 4.83. The number of hydrogen-bond acceptors (Lipinski definition) is 6. The summed E-state index contributed by atoms with van der Waals surface area (Å²) in [5, 5.41) is 14.0. The van der Waals surface area contributed by atoms with E-state index in [9.17, 15) is 22.9 Å². The molecular formula is C12H16FN3O5S. The summed E-state index contributed by atoms with van der Waals surface area (Å²) in [5.74, 6) is -1.69. The van der Waals surface area contributed by atoms with Crippen LogP contribution in [0.5, 0.6) is 5.75 Å². The van der Waals surface area contributed by atoms with Gasteiger partial charge < -0.3 is 10.1 Å².